The SMILES string of the molecule is CC1(C)OB(/C=C/C=N/Nc2ccccc2)OC1(C)C. The predicted octanol–water partition coefficient (Wildman–Crippen LogP) is 3.27. The minimum absolute atomic E-state index is 0.304. The highest BCUT2D eigenvalue weighted by Gasteiger charge is 2.49. The minimum Gasteiger partial charge on any atom is -0.400 e. The van der Waals surface area contributed by atoms with Gasteiger partial charge in [0.15, 0.2) is 0 Å². The van der Waals surface area contributed by atoms with Gasteiger partial charge in [0.25, 0.3) is 0 Å². The van der Waals surface area contributed by atoms with Crippen LogP contribution >= 0.6 is 0 Å². The lowest BCUT2D eigenvalue weighted by Gasteiger charge is -2.32. The van der Waals surface area contributed by atoms with Crippen molar-refractivity contribution in [3.05, 3.63) is 42.4 Å². The molecular formula is C15H21BN2O2. The second-order valence-corrected chi connectivity index (χ2v) is 5.77. The van der Waals surface area contributed by atoms with E-state index in [2.05, 4.69) is 10.5 Å². The van der Waals surface area contributed by atoms with E-state index >= 15 is 0 Å². The molecule has 4 nitrogen and oxygen atoms in total. The molecule has 5 heteroatoms. The van der Waals surface area contributed by atoms with Gasteiger partial charge in [-0.05, 0) is 45.9 Å². The number of nitrogens with one attached hydrogen (secondary N) is 1. The van der Waals surface area contributed by atoms with Gasteiger partial charge in [0.05, 0.1) is 16.9 Å². The summed E-state index contributed by atoms with van der Waals surface area (Å²) >= 11 is 0. The first kappa shape index (κ1) is 14.8. The van der Waals surface area contributed by atoms with Crippen molar-refractivity contribution in [2.24, 2.45) is 5.10 Å². The first-order valence-corrected chi connectivity index (χ1v) is 6.77. The molecule has 0 unspecified atom stereocenters. The minimum atomic E-state index is -0.330. The average molecular weight is 272 g/mol. The summed E-state index contributed by atoms with van der Waals surface area (Å²) in [6.07, 6.45) is 3.50. The molecule has 1 aliphatic heterocycles. The Morgan fingerprint density at radius 3 is 2.25 bits per heavy atom. The van der Waals surface area contributed by atoms with Crippen LogP contribution in [0.25, 0.3) is 0 Å². The molecule has 0 amide bonds. The van der Waals surface area contributed by atoms with E-state index in [1.54, 1.807) is 6.21 Å². The van der Waals surface area contributed by atoms with Crippen LogP contribution in [0.3, 0.4) is 0 Å². The highest BCUT2D eigenvalue weighted by molar-refractivity contribution is 6.52. The third kappa shape index (κ3) is 3.49. The summed E-state index contributed by atoms with van der Waals surface area (Å²) in [5.74, 6) is 1.85. The summed E-state index contributed by atoms with van der Waals surface area (Å²) in [4.78, 5) is 0. The van der Waals surface area contributed by atoms with Crippen molar-refractivity contribution in [3.63, 3.8) is 0 Å². The second kappa shape index (κ2) is 5.81. The molecule has 0 aromatic heterocycles. The molecule has 0 atom stereocenters. The van der Waals surface area contributed by atoms with Gasteiger partial charge >= 0.3 is 7.12 Å². The summed E-state index contributed by atoms with van der Waals surface area (Å²) in [6, 6.07) is 9.79. The molecule has 2 rings (SSSR count). The first-order valence-electron chi connectivity index (χ1n) is 6.77. The lowest BCUT2D eigenvalue weighted by molar-refractivity contribution is 0.00578. The highest BCUT2D eigenvalue weighted by Crippen LogP contribution is 2.36. The Hall–Kier alpha value is -1.59. The predicted molar refractivity (Wildman–Crippen MR) is 83.8 cm³/mol. The molecule has 1 fully saturated rings. The second-order valence-electron chi connectivity index (χ2n) is 5.77. The number of hydrogen-bond acceptors (Lipinski definition) is 4. The maximum atomic E-state index is 5.84. The molecule has 1 heterocycles. The van der Waals surface area contributed by atoms with Crippen LogP contribution in [-0.4, -0.2) is 24.5 Å². The van der Waals surface area contributed by atoms with Crippen LogP contribution in [0.2, 0.25) is 0 Å². The van der Waals surface area contributed by atoms with E-state index in [0.29, 0.717) is 0 Å². The highest BCUT2D eigenvalue weighted by atomic mass is 16.7. The summed E-state index contributed by atoms with van der Waals surface area (Å²) in [5.41, 5.74) is 3.28. The first-order chi connectivity index (χ1) is 9.41. The van der Waals surface area contributed by atoms with Crippen LogP contribution < -0.4 is 5.43 Å². The monoisotopic (exact) mass is 272 g/mol. The fourth-order valence-corrected chi connectivity index (χ4v) is 1.78. The molecule has 1 aliphatic rings. The zero-order chi connectivity index (χ0) is 14.6. The molecular weight excluding hydrogens is 251 g/mol. The van der Waals surface area contributed by atoms with E-state index in [1.807, 2.05) is 70.1 Å². The van der Waals surface area contributed by atoms with Gasteiger partial charge in [0, 0.05) is 6.21 Å². The maximum absolute atomic E-state index is 5.84. The molecule has 0 radical (unpaired) electrons. The van der Waals surface area contributed by atoms with E-state index in [9.17, 15) is 0 Å². The Bertz CT molecular complexity index is 482. The lowest BCUT2D eigenvalue weighted by Crippen LogP contribution is -2.41. The Morgan fingerprint density at radius 2 is 1.65 bits per heavy atom. The van der Waals surface area contributed by atoms with Crippen molar-refractivity contribution in [2.45, 2.75) is 38.9 Å². The zero-order valence-corrected chi connectivity index (χ0v) is 12.5. The maximum Gasteiger partial charge on any atom is 0.487 e. The number of rotatable bonds is 4. The fourth-order valence-electron chi connectivity index (χ4n) is 1.78. The van der Waals surface area contributed by atoms with Crippen LogP contribution in [0, 0.1) is 0 Å². The van der Waals surface area contributed by atoms with Crippen molar-refractivity contribution >= 4 is 19.0 Å². The number of nitrogens with zero attached hydrogens (tertiary/aromatic N) is 1. The fraction of sp³-hybridized carbons (Fsp3) is 0.400. The van der Waals surface area contributed by atoms with Crippen molar-refractivity contribution in [3.8, 4) is 0 Å². The molecule has 0 aliphatic carbocycles. The molecule has 106 valence electrons. The van der Waals surface area contributed by atoms with Crippen LogP contribution in [0.4, 0.5) is 5.69 Å². The largest absolute Gasteiger partial charge is 0.487 e. The van der Waals surface area contributed by atoms with E-state index < -0.39 is 0 Å². The van der Waals surface area contributed by atoms with Gasteiger partial charge in [-0.3, -0.25) is 5.43 Å². The topological polar surface area (TPSA) is 42.8 Å². The summed E-state index contributed by atoms with van der Waals surface area (Å²) < 4.78 is 11.7. The van der Waals surface area contributed by atoms with Crippen LogP contribution in [0.1, 0.15) is 27.7 Å². The van der Waals surface area contributed by atoms with Crippen LogP contribution in [0.15, 0.2) is 47.5 Å². The molecule has 1 N–H and O–H groups in total. The van der Waals surface area contributed by atoms with Gasteiger partial charge in [0.2, 0.25) is 0 Å². The molecule has 20 heavy (non-hydrogen) atoms. The van der Waals surface area contributed by atoms with Gasteiger partial charge in [-0.1, -0.05) is 24.2 Å². The van der Waals surface area contributed by atoms with E-state index in [1.165, 1.54) is 0 Å². The molecule has 0 bridgehead atoms. The molecule has 1 saturated heterocycles. The Kier molecular flexibility index (Phi) is 4.31. The quantitative estimate of drug-likeness (QED) is 0.519. The average Bonchev–Trinajstić information content (AvgIpc) is 2.58. The molecule has 1 aromatic carbocycles. The van der Waals surface area contributed by atoms with Gasteiger partial charge in [-0.25, -0.2) is 0 Å². The molecule has 1 aromatic rings. The van der Waals surface area contributed by atoms with Gasteiger partial charge in [-0.15, -0.1) is 0 Å². The van der Waals surface area contributed by atoms with E-state index in [4.69, 9.17) is 9.31 Å². The summed E-state index contributed by atoms with van der Waals surface area (Å²) in [7, 11) is -0.330. The van der Waals surface area contributed by atoms with E-state index in [-0.39, 0.29) is 18.3 Å². The number of benzene rings is 1. The van der Waals surface area contributed by atoms with Crippen molar-refractivity contribution in [2.75, 3.05) is 5.43 Å². The number of anilines is 1. The smallest absolute Gasteiger partial charge is 0.400 e. The Morgan fingerprint density at radius 1 is 1.05 bits per heavy atom. The number of allylic oxidation sites excluding steroid dienone is 1. The molecule has 0 saturated carbocycles. The third-order valence-corrected chi connectivity index (χ3v) is 3.67. The zero-order valence-electron chi connectivity index (χ0n) is 12.5. The van der Waals surface area contributed by atoms with Crippen molar-refractivity contribution in [1.82, 2.24) is 0 Å². The lowest BCUT2D eigenvalue weighted by atomic mass is 9.90. The Labute approximate surface area is 121 Å². The number of para-hydroxylation sites is 1. The van der Waals surface area contributed by atoms with Gasteiger partial charge in [0.1, 0.15) is 0 Å². The van der Waals surface area contributed by atoms with Gasteiger partial charge < -0.3 is 9.31 Å². The third-order valence-electron chi connectivity index (χ3n) is 3.67. The van der Waals surface area contributed by atoms with Crippen LogP contribution in [0.5, 0.6) is 0 Å². The normalized spacial score (nSPS) is 20.9. The Balaban J connectivity index is 1.83. The van der Waals surface area contributed by atoms with Gasteiger partial charge in [-0.2, -0.15) is 5.10 Å². The number of hydrazone groups is 1. The van der Waals surface area contributed by atoms with Crippen LogP contribution in [-0.2, 0) is 9.31 Å². The number of hydrogen-bond donors (Lipinski definition) is 1. The van der Waals surface area contributed by atoms with Crippen molar-refractivity contribution in [1.29, 1.82) is 0 Å². The standard InChI is InChI=1S/C15H21BN2O2/c1-14(2)15(3,4)20-16(19-14)11-8-12-17-18-13-9-6-5-7-10-13/h5-12,18H,1-4H3/b11-8+,17-12+. The van der Waals surface area contributed by atoms with E-state index in [0.717, 1.165) is 5.69 Å². The molecule has 0 spiro atoms. The summed E-state index contributed by atoms with van der Waals surface area (Å²) in [5, 5.41) is 4.10. The summed E-state index contributed by atoms with van der Waals surface area (Å²) in [6.45, 7) is 8.13. The van der Waals surface area contributed by atoms with Crippen molar-refractivity contribution < 1.29 is 9.31 Å².